The highest BCUT2D eigenvalue weighted by molar-refractivity contribution is 6.11. The fraction of sp³-hybridized carbons (Fsp3) is 0.348. The van der Waals surface area contributed by atoms with Crippen LogP contribution in [0.25, 0.3) is 11.1 Å². The third kappa shape index (κ3) is 4.05. The summed E-state index contributed by atoms with van der Waals surface area (Å²) in [5, 5.41) is 8.48. The number of amides is 4. The molecule has 0 aromatic heterocycles. The van der Waals surface area contributed by atoms with Crippen LogP contribution in [-0.4, -0.2) is 54.5 Å². The maximum Gasteiger partial charge on any atom is 0.315 e. The molecule has 0 saturated carbocycles. The molecule has 8 nitrogen and oxygen atoms in total. The molecule has 2 aromatic rings. The third-order valence-corrected chi connectivity index (χ3v) is 5.59. The van der Waals surface area contributed by atoms with Crippen LogP contribution in [0, 0.1) is 0 Å². The number of benzene rings is 2. The first kappa shape index (κ1) is 20.7. The summed E-state index contributed by atoms with van der Waals surface area (Å²) in [7, 11) is 1.61. The smallest absolute Gasteiger partial charge is 0.315 e. The highest BCUT2D eigenvalue weighted by atomic mass is 16.5. The van der Waals surface area contributed by atoms with Crippen molar-refractivity contribution in [2.75, 3.05) is 19.0 Å². The van der Waals surface area contributed by atoms with E-state index >= 15 is 0 Å². The zero-order chi connectivity index (χ0) is 22.1. The molecule has 0 spiro atoms. The van der Waals surface area contributed by atoms with Crippen molar-refractivity contribution in [2.24, 2.45) is 0 Å². The van der Waals surface area contributed by atoms with Gasteiger partial charge in [-0.3, -0.25) is 9.59 Å². The normalized spacial score (nSPS) is 19.9. The summed E-state index contributed by atoms with van der Waals surface area (Å²) < 4.78 is 5.20. The Morgan fingerprint density at radius 1 is 1.13 bits per heavy atom. The molecule has 4 rings (SSSR count). The Bertz CT molecular complexity index is 1020. The molecule has 0 aliphatic carbocycles. The lowest BCUT2D eigenvalue weighted by molar-refractivity contribution is -0.120. The molecule has 2 atom stereocenters. The molecule has 8 heteroatoms. The Kier molecular flexibility index (Phi) is 5.54. The molecule has 2 aromatic carbocycles. The van der Waals surface area contributed by atoms with Crippen molar-refractivity contribution < 1.29 is 19.1 Å². The average Bonchev–Trinajstić information content (AvgIpc) is 3.12. The molecule has 2 aliphatic rings. The van der Waals surface area contributed by atoms with Gasteiger partial charge in [0.25, 0.3) is 5.91 Å². The number of hydrogen-bond acceptors (Lipinski definition) is 4. The van der Waals surface area contributed by atoms with Gasteiger partial charge in [0.15, 0.2) is 0 Å². The number of methoxy groups -OCH3 is 1. The second-order valence-electron chi connectivity index (χ2n) is 8.09. The van der Waals surface area contributed by atoms with Crippen LogP contribution in [0.5, 0.6) is 5.75 Å². The van der Waals surface area contributed by atoms with Crippen molar-refractivity contribution in [3.63, 3.8) is 0 Å². The zero-order valence-corrected chi connectivity index (χ0v) is 17.8. The number of anilines is 1. The van der Waals surface area contributed by atoms with Gasteiger partial charge < -0.3 is 25.6 Å². The fourth-order valence-corrected chi connectivity index (χ4v) is 4.12. The van der Waals surface area contributed by atoms with E-state index in [0.717, 1.165) is 16.9 Å². The van der Waals surface area contributed by atoms with Gasteiger partial charge in [0.1, 0.15) is 11.8 Å². The quantitative estimate of drug-likeness (QED) is 0.705. The Balaban J connectivity index is 1.61. The van der Waals surface area contributed by atoms with E-state index in [0.29, 0.717) is 24.2 Å². The van der Waals surface area contributed by atoms with Crippen LogP contribution in [0.3, 0.4) is 0 Å². The predicted octanol–water partition coefficient (Wildman–Crippen LogP) is 2.61. The number of nitrogens with zero attached hydrogens (tertiary/aromatic N) is 1. The van der Waals surface area contributed by atoms with Gasteiger partial charge in [-0.15, -0.1) is 0 Å². The van der Waals surface area contributed by atoms with Crippen LogP contribution in [-0.2, 0) is 4.79 Å². The Hall–Kier alpha value is -3.55. The SMILES string of the molecule is COc1ccc(-c2ccc3c(c2)C(=O)N2CCC(NC(=O)NC(C)C)C2C(=O)N3)cc1. The van der Waals surface area contributed by atoms with E-state index in [1.54, 1.807) is 24.1 Å². The summed E-state index contributed by atoms with van der Waals surface area (Å²) in [6.45, 7) is 4.12. The van der Waals surface area contributed by atoms with Gasteiger partial charge in [-0.25, -0.2) is 4.79 Å². The lowest BCUT2D eigenvalue weighted by Gasteiger charge is -2.25. The van der Waals surface area contributed by atoms with Gasteiger partial charge in [0, 0.05) is 12.6 Å². The predicted molar refractivity (Wildman–Crippen MR) is 117 cm³/mol. The van der Waals surface area contributed by atoms with E-state index in [4.69, 9.17) is 4.74 Å². The minimum Gasteiger partial charge on any atom is -0.497 e. The van der Waals surface area contributed by atoms with Gasteiger partial charge in [-0.1, -0.05) is 18.2 Å². The van der Waals surface area contributed by atoms with Crippen molar-refractivity contribution in [3.05, 3.63) is 48.0 Å². The molecule has 1 saturated heterocycles. The zero-order valence-electron chi connectivity index (χ0n) is 17.8. The molecule has 2 aliphatic heterocycles. The first-order valence-electron chi connectivity index (χ1n) is 10.3. The molecule has 31 heavy (non-hydrogen) atoms. The molecule has 2 heterocycles. The molecule has 162 valence electrons. The number of hydrogen-bond donors (Lipinski definition) is 3. The van der Waals surface area contributed by atoms with Gasteiger partial charge >= 0.3 is 6.03 Å². The molecular weight excluding hydrogens is 396 g/mol. The lowest BCUT2D eigenvalue weighted by atomic mass is 10.0. The number of carbonyl (C=O) groups is 3. The maximum absolute atomic E-state index is 13.3. The van der Waals surface area contributed by atoms with Crippen LogP contribution < -0.4 is 20.7 Å². The third-order valence-electron chi connectivity index (χ3n) is 5.59. The van der Waals surface area contributed by atoms with E-state index in [1.807, 2.05) is 44.2 Å². The molecule has 2 unspecified atom stereocenters. The van der Waals surface area contributed by atoms with Gasteiger partial charge in [-0.05, 0) is 55.7 Å². The topological polar surface area (TPSA) is 99.8 Å². The maximum atomic E-state index is 13.3. The second-order valence-corrected chi connectivity index (χ2v) is 8.09. The Morgan fingerprint density at radius 3 is 2.52 bits per heavy atom. The largest absolute Gasteiger partial charge is 0.497 e. The Morgan fingerprint density at radius 2 is 1.84 bits per heavy atom. The van der Waals surface area contributed by atoms with Crippen LogP contribution in [0.15, 0.2) is 42.5 Å². The van der Waals surface area contributed by atoms with E-state index in [9.17, 15) is 14.4 Å². The number of carbonyl (C=O) groups excluding carboxylic acids is 3. The van der Waals surface area contributed by atoms with E-state index in [2.05, 4.69) is 16.0 Å². The summed E-state index contributed by atoms with van der Waals surface area (Å²) >= 11 is 0. The molecule has 0 radical (unpaired) electrons. The van der Waals surface area contributed by atoms with E-state index < -0.39 is 12.1 Å². The van der Waals surface area contributed by atoms with Crippen LogP contribution in [0.2, 0.25) is 0 Å². The molecular formula is C23H26N4O4. The van der Waals surface area contributed by atoms with Crippen molar-refractivity contribution in [2.45, 2.75) is 38.4 Å². The minimum atomic E-state index is -0.748. The lowest BCUT2D eigenvalue weighted by Crippen LogP contribution is -2.54. The van der Waals surface area contributed by atoms with Gasteiger partial charge in [-0.2, -0.15) is 0 Å². The van der Waals surface area contributed by atoms with Crippen molar-refractivity contribution in [1.29, 1.82) is 0 Å². The monoisotopic (exact) mass is 422 g/mol. The second kappa shape index (κ2) is 8.29. The number of fused-ring (bicyclic) bond motifs is 2. The van der Waals surface area contributed by atoms with Crippen molar-refractivity contribution in [1.82, 2.24) is 15.5 Å². The number of nitrogens with one attached hydrogen (secondary N) is 3. The van der Waals surface area contributed by atoms with E-state index in [1.165, 1.54) is 0 Å². The number of urea groups is 1. The highest BCUT2D eigenvalue weighted by Gasteiger charge is 2.45. The van der Waals surface area contributed by atoms with Crippen LogP contribution >= 0.6 is 0 Å². The molecule has 1 fully saturated rings. The summed E-state index contributed by atoms with van der Waals surface area (Å²) in [6.07, 6.45) is 0.517. The van der Waals surface area contributed by atoms with Gasteiger partial charge in [0.2, 0.25) is 5.91 Å². The number of rotatable bonds is 4. The standard InChI is InChI=1S/C23H26N4O4/c1-13(2)24-23(30)26-19-10-11-27-20(19)21(28)25-18-9-6-15(12-17(18)22(27)29)14-4-7-16(31-3)8-5-14/h4-9,12-13,19-20H,10-11H2,1-3H3,(H,25,28)(H2,24,26,30). The Labute approximate surface area is 180 Å². The minimum absolute atomic E-state index is 0.0253. The van der Waals surface area contributed by atoms with Gasteiger partial charge in [0.05, 0.1) is 24.4 Å². The van der Waals surface area contributed by atoms with Crippen molar-refractivity contribution >= 4 is 23.5 Å². The van der Waals surface area contributed by atoms with Crippen LogP contribution in [0.4, 0.5) is 10.5 Å². The first-order valence-corrected chi connectivity index (χ1v) is 10.3. The first-order chi connectivity index (χ1) is 14.9. The number of ether oxygens (including phenoxy) is 1. The average molecular weight is 422 g/mol. The summed E-state index contributed by atoms with van der Waals surface area (Å²) in [5.74, 6) is 0.237. The fourth-order valence-electron chi connectivity index (χ4n) is 4.12. The highest BCUT2D eigenvalue weighted by Crippen LogP contribution is 2.32. The molecule has 3 N–H and O–H groups in total. The summed E-state index contributed by atoms with van der Waals surface area (Å²) in [5.41, 5.74) is 2.73. The van der Waals surface area contributed by atoms with Crippen molar-refractivity contribution in [3.8, 4) is 16.9 Å². The molecule has 4 amide bonds. The summed E-state index contributed by atoms with van der Waals surface area (Å²) in [4.78, 5) is 40.0. The summed E-state index contributed by atoms with van der Waals surface area (Å²) in [6, 6.07) is 11.4. The van der Waals surface area contributed by atoms with Crippen LogP contribution in [0.1, 0.15) is 30.6 Å². The van der Waals surface area contributed by atoms with E-state index in [-0.39, 0.29) is 23.9 Å². The molecule has 0 bridgehead atoms.